The number of likely N-dealkylation sites (N-methyl/N-ethyl adjacent to an activating group) is 1. The maximum atomic E-state index is 13.1. The van der Waals surface area contributed by atoms with Crippen LogP contribution in [-0.2, 0) is 20.9 Å². The standard InChI is InChI=1S/C39H37Cl2N7O5/c1-25-21-32(48-17-19-52-20-18-48)27-7-6-8-33(38(27)45-25)53-24-28-29(40)12-14-31(37(28)41)46(2)36(50)23-44-35(49)15-11-26-10-13-30(43-22-26)39(51)47(3)34-9-4-5-16-42-34/h4-16,21-22H,17-20,23-24H2,1-3H3,(H,44,49). The lowest BCUT2D eigenvalue weighted by Crippen LogP contribution is -2.37. The van der Waals surface area contributed by atoms with Gasteiger partial charge in [-0.25, -0.2) is 9.97 Å². The molecule has 1 N–H and O–H groups in total. The Labute approximate surface area is 317 Å². The highest BCUT2D eigenvalue weighted by Crippen LogP contribution is 2.37. The molecule has 1 aliphatic heterocycles. The van der Waals surface area contributed by atoms with Crippen molar-refractivity contribution < 1.29 is 23.9 Å². The van der Waals surface area contributed by atoms with Gasteiger partial charge in [-0.1, -0.05) is 47.5 Å². The Hall–Kier alpha value is -5.56. The number of amides is 3. The number of aryl methyl sites for hydroxylation is 1. The molecule has 0 spiro atoms. The number of hydrogen-bond donors (Lipinski definition) is 1. The number of carbonyl (C=O) groups is 3. The molecule has 0 radical (unpaired) electrons. The van der Waals surface area contributed by atoms with Crippen LogP contribution in [-0.4, -0.2) is 79.6 Å². The van der Waals surface area contributed by atoms with E-state index in [0.29, 0.717) is 46.6 Å². The minimum atomic E-state index is -0.492. The number of nitrogens with one attached hydrogen (secondary N) is 1. The van der Waals surface area contributed by atoms with E-state index in [1.165, 1.54) is 28.1 Å². The maximum absolute atomic E-state index is 13.1. The molecule has 12 nitrogen and oxygen atoms in total. The zero-order valence-electron chi connectivity index (χ0n) is 29.4. The van der Waals surface area contributed by atoms with E-state index in [1.54, 1.807) is 62.8 Å². The SMILES string of the molecule is Cc1cc(N2CCOCC2)c2cccc(OCc3c(Cl)ccc(N(C)C(=O)CNC(=O)C=Cc4ccc(C(=O)N(C)c5ccccn5)nc4)c3Cl)c2n1. The molecule has 1 aliphatic rings. The smallest absolute Gasteiger partial charge is 0.277 e. The van der Waals surface area contributed by atoms with Gasteiger partial charge >= 0.3 is 0 Å². The van der Waals surface area contributed by atoms with Crippen molar-refractivity contribution >= 4 is 75.1 Å². The van der Waals surface area contributed by atoms with E-state index in [4.69, 9.17) is 37.7 Å². The Bertz CT molecular complexity index is 2160. The summed E-state index contributed by atoms with van der Waals surface area (Å²) < 4.78 is 11.8. The number of anilines is 3. The van der Waals surface area contributed by atoms with Gasteiger partial charge in [0.25, 0.3) is 5.91 Å². The van der Waals surface area contributed by atoms with Crippen LogP contribution < -0.4 is 24.8 Å². The number of hydrogen-bond acceptors (Lipinski definition) is 9. The first-order valence-corrected chi connectivity index (χ1v) is 17.6. The second-order valence-corrected chi connectivity index (χ2v) is 13.0. The fraction of sp³-hybridized carbons (Fsp3) is 0.231. The van der Waals surface area contributed by atoms with E-state index in [2.05, 4.69) is 26.3 Å². The van der Waals surface area contributed by atoms with Gasteiger partial charge in [0.15, 0.2) is 0 Å². The third-order valence-corrected chi connectivity index (χ3v) is 9.45. The lowest BCUT2D eigenvalue weighted by atomic mass is 10.1. The van der Waals surface area contributed by atoms with Gasteiger partial charge in [-0.05, 0) is 61.0 Å². The minimum Gasteiger partial charge on any atom is -0.487 e. The van der Waals surface area contributed by atoms with Crippen molar-refractivity contribution in [2.24, 2.45) is 0 Å². The Morgan fingerprint density at radius 3 is 2.53 bits per heavy atom. The van der Waals surface area contributed by atoms with E-state index in [-0.39, 0.29) is 29.8 Å². The molecular weight excluding hydrogens is 717 g/mol. The number of pyridine rings is 3. The number of carbonyl (C=O) groups excluding carboxylic acids is 3. The average molecular weight is 755 g/mol. The van der Waals surface area contributed by atoms with Crippen LogP contribution in [0.15, 0.2) is 85.2 Å². The highest BCUT2D eigenvalue weighted by molar-refractivity contribution is 6.38. The van der Waals surface area contributed by atoms with Gasteiger partial charge in [0.1, 0.15) is 29.4 Å². The molecule has 6 rings (SSSR count). The third kappa shape index (κ3) is 8.74. The first-order chi connectivity index (χ1) is 25.6. The predicted octanol–water partition coefficient (Wildman–Crippen LogP) is 6.12. The van der Waals surface area contributed by atoms with E-state index in [0.717, 1.165) is 35.4 Å². The zero-order chi connectivity index (χ0) is 37.5. The molecule has 14 heteroatoms. The molecule has 0 unspecified atom stereocenters. The number of ether oxygens (including phenoxy) is 2. The summed E-state index contributed by atoms with van der Waals surface area (Å²) in [6.45, 7) is 4.60. The quantitative estimate of drug-likeness (QED) is 0.159. The molecule has 5 aromatic rings. The van der Waals surface area contributed by atoms with E-state index < -0.39 is 11.8 Å². The van der Waals surface area contributed by atoms with Crippen LogP contribution in [0.1, 0.15) is 27.3 Å². The highest BCUT2D eigenvalue weighted by atomic mass is 35.5. The molecule has 3 amide bonds. The van der Waals surface area contributed by atoms with Gasteiger partial charge in [0.2, 0.25) is 11.8 Å². The summed E-state index contributed by atoms with van der Waals surface area (Å²) in [5.74, 6) is -0.152. The number of rotatable bonds is 11. The number of aromatic nitrogens is 3. The monoisotopic (exact) mass is 753 g/mol. The van der Waals surface area contributed by atoms with Crippen LogP contribution in [0.25, 0.3) is 17.0 Å². The molecule has 1 fully saturated rings. The first-order valence-electron chi connectivity index (χ1n) is 16.8. The molecule has 4 heterocycles. The summed E-state index contributed by atoms with van der Waals surface area (Å²) in [5, 5.41) is 4.19. The summed E-state index contributed by atoms with van der Waals surface area (Å²) in [6.07, 6.45) is 5.90. The Balaban J connectivity index is 1.06. The fourth-order valence-electron chi connectivity index (χ4n) is 5.74. The van der Waals surface area contributed by atoms with Crippen molar-refractivity contribution in [3.05, 3.63) is 118 Å². The molecule has 272 valence electrons. The van der Waals surface area contributed by atoms with Gasteiger partial charge in [0.05, 0.1) is 30.5 Å². The second kappa shape index (κ2) is 16.8. The summed E-state index contributed by atoms with van der Waals surface area (Å²) in [5.41, 5.74) is 4.38. The summed E-state index contributed by atoms with van der Waals surface area (Å²) in [4.78, 5) is 56.7. The largest absolute Gasteiger partial charge is 0.487 e. The van der Waals surface area contributed by atoms with Crippen LogP contribution >= 0.6 is 23.2 Å². The van der Waals surface area contributed by atoms with Crippen LogP contribution in [0.4, 0.5) is 17.2 Å². The highest BCUT2D eigenvalue weighted by Gasteiger charge is 2.21. The lowest BCUT2D eigenvalue weighted by molar-refractivity contribution is -0.122. The summed E-state index contributed by atoms with van der Waals surface area (Å²) >= 11 is 13.4. The number of morpholine rings is 1. The topological polar surface area (TPSA) is 130 Å². The molecule has 0 aliphatic carbocycles. The number of benzene rings is 2. The van der Waals surface area contributed by atoms with Crippen LogP contribution in [0.3, 0.4) is 0 Å². The predicted molar refractivity (Wildman–Crippen MR) is 207 cm³/mol. The van der Waals surface area contributed by atoms with Crippen molar-refractivity contribution in [1.29, 1.82) is 0 Å². The van der Waals surface area contributed by atoms with Crippen molar-refractivity contribution in [2.45, 2.75) is 13.5 Å². The molecular formula is C39H37Cl2N7O5. The first kappa shape index (κ1) is 37.2. The summed E-state index contributed by atoms with van der Waals surface area (Å²) in [6, 6.07) is 19.7. The van der Waals surface area contributed by atoms with Gasteiger partial charge < -0.3 is 24.6 Å². The molecule has 0 atom stereocenters. The van der Waals surface area contributed by atoms with Crippen LogP contribution in [0.2, 0.25) is 10.0 Å². The van der Waals surface area contributed by atoms with E-state index >= 15 is 0 Å². The van der Waals surface area contributed by atoms with Gasteiger partial charge in [0, 0.05) is 73.0 Å². The molecule has 2 aromatic carbocycles. The lowest BCUT2D eigenvalue weighted by Gasteiger charge is -2.30. The van der Waals surface area contributed by atoms with E-state index in [1.807, 2.05) is 25.1 Å². The van der Waals surface area contributed by atoms with Crippen LogP contribution in [0.5, 0.6) is 5.75 Å². The molecule has 1 saturated heterocycles. The minimum absolute atomic E-state index is 0.0294. The number of nitrogens with zero attached hydrogens (tertiary/aromatic N) is 6. The fourth-order valence-corrected chi connectivity index (χ4v) is 6.35. The third-order valence-electron chi connectivity index (χ3n) is 8.68. The maximum Gasteiger partial charge on any atom is 0.277 e. The van der Waals surface area contributed by atoms with E-state index in [9.17, 15) is 14.4 Å². The summed E-state index contributed by atoms with van der Waals surface area (Å²) in [7, 11) is 3.18. The molecule has 53 heavy (non-hydrogen) atoms. The number of fused-ring (bicyclic) bond motifs is 1. The van der Waals surface area contributed by atoms with Gasteiger partial charge in [-0.2, -0.15) is 0 Å². The van der Waals surface area contributed by atoms with Crippen molar-refractivity contribution in [1.82, 2.24) is 20.3 Å². The Morgan fingerprint density at radius 2 is 1.79 bits per heavy atom. The second-order valence-electron chi connectivity index (χ2n) is 12.2. The van der Waals surface area contributed by atoms with Gasteiger partial charge in [-0.3, -0.25) is 24.3 Å². The Kier molecular flexibility index (Phi) is 11.8. The number of halogens is 2. The van der Waals surface area contributed by atoms with Crippen molar-refractivity contribution in [3.63, 3.8) is 0 Å². The molecule has 3 aromatic heterocycles. The zero-order valence-corrected chi connectivity index (χ0v) is 30.9. The number of para-hydroxylation sites is 1. The average Bonchev–Trinajstić information content (AvgIpc) is 3.19. The van der Waals surface area contributed by atoms with Gasteiger partial charge in [-0.15, -0.1) is 0 Å². The van der Waals surface area contributed by atoms with Crippen LogP contribution in [0, 0.1) is 6.92 Å². The van der Waals surface area contributed by atoms with Crippen molar-refractivity contribution in [3.8, 4) is 5.75 Å². The normalized spacial score (nSPS) is 12.9. The van der Waals surface area contributed by atoms with Crippen molar-refractivity contribution in [2.75, 3.05) is 61.6 Å². The molecule has 0 bridgehead atoms. The Morgan fingerprint density at radius 1 is 0.981 bits per heavy atom. The molecule has 0 saturated carbocycles.